The van der Waals surface area contributed by atoms with E-state index in [-0.39, 0.29) is 30.5 Å². The Bertz CT molecular complexity index is 866. The fraction of sp³-hybridized carbons (Fsp3) is 0.263. The molecule has 0 spiro atoms. The minimum atomic E-state index is -0.543. The van der Waals surface area contributed by atoms with Crippen molar-refractivity contribution in [3.63, 3.8) is 0 Å². The van der Waals surface area contributed by atoms with Gasteiger partial charge in [0.1, 0.15) is 5.75 Å². The van der Waals surface area contributed by atoms with Crippen molar-refractivity contribution >= 4 is 23.2 Å². The summed E-state index contributed by atoms with van der Waals surface area (Å²) in [5.74, 6) is -0.529. The molecule has 0 aliphatic carbocycles. The van der Waals surface area contributed by atoms with Gasteiger partial charge < -0.3 is 15.0 Å². The Labute approximate surface area is 156 Å². The molecule has 0 bridgehead atoms. The number of nitrogens with zero attached hydrogens (tertiary/aromatic N) is 2. The van der Waals surface area contributed by atoms with Gasteiger partial charge >= 0.3 is 0 Å². The largest absolute Gasteiger partial charge is 0.484 e. The number of nitrogens with one attached hydrogen (secondary N) is 1. The van der Waals surface area contributed by atoms with E-state index in [1.54, 1.807) is 6.07 Å². The smallest absolute Gasteiger partial charge is 0.273 e. The van der Waals surface area contributed by atoms with Gasteiger partial charge in [-0.1, -0.05) is 18.2 Å². The normalized spacial score (nSPS) is 10.2. The predicted octanol–water partition coefficient (Wildman–Crippen LogP) is 2.69. The molecule has 2 aromatic carbocycles. The van der Waals surface area contributed by atoms with Crippen molar-refractivity contribution in [1.82, 2.24) is 4.90 Å². The molecule has 0 unspecified atom stereocenters. The second-order valence-corrected chi connectivity index (χ2v) is 6.09. The quantitative estimate of drug-likeness (QED) is 0.595. The molecule has 0 radical (unpaired) electrons. The molecule has 0 aliphatic heterocycles. The lowest BCUT2D eigenvalue weighted by Gasteiger charge is -2.18. The van der Waals surface area contributed by atoms with Gasteiger partial charge in [-0.25, -0.2) is 0 Å². The van der Waals surface area contributed by atoms with Crippen LogP contribution >= 0.6 is 0 Å². The van der Waals surface area contributed by atoms with Crippen LogP contribution in [0.15, 0.2) is 42.5 Å². The first-order valence-corrected chi connectivity index (χ1v) is 8.25. The zero-order valence-corrected chi connectivity index (χ0v) is 15.4. The number of likely N-dealkylation sites (N-methyl/N-ethyl adjacent to an activating group) is 1. The SMILES string of the molecule is Cc1cccc(NC(=O)CN(C)C(=O)COc2cccc([N+](=O)[O-])c2)c1C. The van der Waals surface area contributed by atoms with Gasteiger partial charge in [-0.05, 0) is 37.1 Å². The molecule has 1 N–H and O–H groups in total. The Morgan fingerprint density at radius 3 is 2.59 bits per heavy atom. The van der Waals surface area contributed by atoms with Crippen LogP contribution in [0.2, 0.25) is 0 Å². The van der Waals surface area contributed by atoms with Crippen molar-refractivity contribution in [2.45, 2.75) is 13.8 Å². The highest BCUT2D eigenvalue weighted by molar-refractivity contribution is 5.95. The number of amides is 2. The van der Waals surface area contributed by atoms with E-state index in [2.05, 4.69) is 5.32 Å². The van der Waals surface area contributed by atoms with Gasteiger partial charge in [0.05, 0.1) is 17.5 Å². The Morgan fingerprint density at radius 1 is 1.19 bits per heavy atom. The number of rotatable bonds is 7. The third-order valence-corrected chi connectivity index (χ3v) is 4.08. The number of nitro benzene ring substituents is 1. The number of nitro groups is 1. The summed E-state index contributed by atoms with van der Waals surface area (Å²) < 4.78 is 5.29. The maximum absolute atomic E-state index is 12.2. The number of aryl methyl sites for hydroxylation is 1. The maximum Gasteiger partial charge on any atom is 0.273 e. The number of non-ortho nitro benzene ring substituents is 1. The second kappa shape index (κ2) is 8.79. The standard InChI is InChI=1S/C19H21N3O5/c1-13-6-4-9-17(14(13)2)20-18(23)11-21(3)19(24)12-27-16-8-5-7-15(10-16)22(25)26/h4-10H,11-12H2,1-3H3,(H,20,23). The van der Waals surface area contributed by atoms with Crippen LogP contribution in [0.4, 0.5) is 11.4 Å². The third kappa shape index (κ3) is 5.53. The zero-order valence-electron chi connectivity index (χ0n) is 15.4. The predicted molar refractivity (Wildman–Crippen MR) is 101 cm³/mol. The highest BCUT2D eigenvalue weighted by Crippen LogP contribution is 2.19. The number of hydrogen-bond acceptors (Lipinski definition) is 5. The van der Waals surface area contributed by atoms with E-state index < -0.39 is 10.8 Å². The highest BCUT2D eigenvalue weighted by atomic mass is 16.6. The van der Waals surface area contributed by atoms with Crippen molar-refractivity contribution in [2.24, 2.45) is 0 Å². The van der Waals surface area contributed by atoms with Gasteiger partial charge in [0, 0.05) is 18.8 Å². The molecule has 2 rings (SSSR count). The average Bonchev–Trinajstić information content (AvgIpc) is 2.63. The minimum Gasteiger partial charge on any atom is -0.484 e. The summed E-state index contributed by atoms with van der Waals surface area (Å²) in [6.07, 6.45) is 0. The molecular formula is C19H21N3O5. The first kappa shape index (κ1) is 19.9. The maximum atomic E-state index is 12.2. The monoisotopic (exact) mass is 371 g/mol. The molecule has 0 saturated carbocycles. The van der Waals surface area contributed by atoms with E-state index in [0.717, 1.165) is 11.1 Å². The number of hydrogen-bond donors (Lipinski definition) is 1. The molecule has 0 heterocycles. The molecule has 0 aromatic heterocycles. The summed E-state index contributed by atoms with van der Waals surface area (Å²) in [7, 11) is 1.49. The van der Waals surface area contributed by atoms with Gasteiger partial charge in [0.25, 0.3) is 11.6 Å². The summed E-state index contributed by atoms with van der Waals surface area (Å²) in [5.41, 5.74) is 2.60. The van der Waals surface area contributed by atoms with Gasteiger partial charge in [0.15, 0.2) is 6.61 Å². The minimum absolute atomic E-state index is 0.124. The number of anilines is 1. The van der Waals surface area contributed by atoms with Gasteiger partial charge in [-0.15, -0.1) is 0 Å². The number of carbonyl (C=O) groups excluding carboxylic acids is 2. The number of carbonyl (C=O) groups is 2. The van der Waals surface area contributed by atoms with Crippen LogP contribution in [0.1, 0.15) is 11.1 Å². The van der Waals surface area contributed by atoms with Gasteiger partial charge in [-0.2, -0.15) is 0 Å². The highest BCUT2D eigenvalue weighted by Gasteiger charge is 2.15. The van der Waals surface area contributed by atoms with E-state index in [4.69, 9.17) is 4.74 Å². The Kier molecular flexibility index (Phi) is 6.48. The molecule has 2 amide bonds. The summed E-state index contributed by atoms with van der Waals surface area (Å²) in [6.45, 7) is 3.40. The molecule has 2 aromatic rings. The Hall–Kier alpha value is -3.42. The van der Waals surface area contributed by atoms with Crippen LogP contribution < -0.4 is 10.1 Å². The summed E-state index contributed by atoms with van der Waals surface area (Å²) >= 11 is 0. The topological polar surface area (TPSA) is 102 Å². The molecule has 8 nitrogen and oxygen atoms in total. The first-order valence-electron chi connectivity index (χ1n) is 8.25. The summed E-state index contributed by atoms with van der Waals surface area (Å²) in [5, 5.41) is 13.5. The summed E-state index contributed by atoms with van der Waals surface area (Å²) in [4.78, 5) is 35.7. The van der Waals surface area contributed by atoms with Gasteiger partial charge in [-0.3, -0.25) is 19.7 Å². The van der Waals surface area contributed by atoms with Crippen molar-refractivity contribution in [3.05, 3.63) is 63.7 Å². The van der Waals surface area contributed by atoms with E-state index in [0.29, 0.717) is 5.69 Å². The van der Waals surface area contributed by atoms with Crippen LogP contribution in [-0.4, -0.2) is 41.8 Å². The fourth-order valence-corrected chi connectivity index (χ4v) is 2.32. The molecule has 0 aliphatic rings. The van der Waals surface area contributed by atoms with Crippen molar-refractivity contribution in [1.29, 1.82) is 0 Å². The van der Waals surface area contributed by atoms with Gasteiger partial charge in [0.2, 0.25) is 5.91 Å². The molecular weight excluding hydrogens is 350 g/mol. The Morgan fingerprint density at radius 2 is 1.89 bits per heavy atom. The molecule has 8 heteroatoms. The number of ether oxygens (including phenoxy) is 1. The van der Waals surface area contributed by atoms with E-state index in [1.807, 2.05) is 26.0 Å². The van der Waals surface area contributed by atoms with E-state index in [9.17, 15) is 19.7 Å². The lowest BCUT2D eigenvalue weighted by molar-refractivity contribution is -0.384. The van der Waals surface area contributed by atoms with Crippen LogP contribution in [0.5, 0.6) is 5.75 Å². The fourth-order valence-electron chi connectivity index (χ4n) is 2.32. The third-order valence-electron chi connectivity index (χ3n) is 4.08. The number of benzene rings is 2. The molecule has 0 atom stereocenters. The Balaban J connectivity index is 1.88. The molecule has 0 saturated heterocycles. The lowest BCUT2D eigenvalue weighted by Crippen LogP contribution is -2.37. The van der Waals surface area contributed by atoms with Crippen molar-refractivity contribution in [3.8, 4) is 5.75 Å². The zero-order chi connectivity index (χ0) is 20.0. The van der Waals surface area contributed by atoms with E-state index >= 15 is 0 Å². The average molecular weight is 371 g/mol. The lowest BCUT2D eigenvalue weighted by atomic mass is 10.1. The molecule has 27 heavy (non-hydrogen) atoms. The summed E-state index contributed by atoms with van der Waals surface area (Å²) in [6, 6.07) is 11.2. The van der Waals surface area contributed by atoms with Crippen molar-refractivity contribution < 1.29 is 19.2 Å². The van der Waals surface area contributed by atoms with E-state index in [1.165, 1.54) is 36.2 Å². The van der Waals surface area contributed by atoms with Crippen LogP contribution in [-0.2, 0) is 9.59 Å². The van der Waals surface area contributed by atoms with Crippen LogP contribution in [0, 0.1) is 24.0 Å². The van der Waals surface area contributed by atoms with Crippen molar-refractivity contribution in [2.75, 3.05) is 25.5 Å². The second-order valence-electron chi connectivity index (χ2n) is 6.09. The molecule has 142 valence electrons. The first-order chi connectivity index (χ1) is 12.8. The van der Waals surface area contributed by atoms with Crippen LogP contribution in [0.25, 0.3) is 0 Å². The van der Waals surface area contributed by atoms with Crippen LogP contribution in [0.3, 0.4) is 0 Å². The molecule has 0 fully saturated rings.